The number of aliphatic hydroxyl groups excluding tert-OH is 1. The summed E-state index contributed by atoms with van der Waals surface area (Å²) >= 11 is -0.744. The van der Waals surface area contributed by atoms with Gasteiger partial charge in [-0.25, -0.2) is 14.2 Å². The number of imidazole rings is 1. The zero-order chi connectivity index (χ0) is 22.1. The van der Waals surface area contributed by atoms with Crippen LogP contribution in [0.5, 0.6) is 0 Å². The van der Waals surface area contributed by atoms with Crippen LogP contribution in [-0.4, -0.2) is 46.0 Å². The van der Waals surface area contributed by atoms with Gasteiger partial charge in [0.25, 0.3) is 0 Å². The molecule has 10 heteroatoms. The molecule has 31 heavy (non-hydrogen) atoms. The van der Waals surface area contributed by atoms with Crippen molar-refractivity contribution in [2.24, 2.45) is 7.05 Å². The fourth-order valence-electron chi connectivity index (χ4n) is 3.34. The van der Waals surface area contributed by atoms with Crippen LogP contribution in [0.4, 0.5) is 8.78 Å². The van der Waals surface area contributed by atoms with E-state index in [0.717, 1.165) is 0 Å². The molecule has 1 N–H and O–H groups in total. The molecule has 0 aliphatic rings. The van der Waals surface area contributed by atoms with E-state index >= 15 is 4.39 Å². The van der Waals surface area contributed by atoms with Gasteiger partial charge in [-0.1, -0.05) is 32.9 Å². The quantitative estimate of drug-likeness (QED) is 0.239. The number of rotatable bonds is 5. The number of benzene rings is 1. The summed E-state index contributed by atoms with van der Waals surface area (Å²) in [6.07, 6.45) is 3.11. The van der Waals surface area contributed by atoms with E-state index < -0.39 is 38.5 Å². The van der Waals surface area contributed by atoms with Gasteiger partial charge in [0, 0.05) is 30.6 Å². The first-order chi connectivity index (χ1) is 14.9. The standard InChI is InChI=1S/C21H17F2IN4O3/c1-27-10-14(20(23)26-27)13-4-3-5-15(22)18(13)19-16(9-24-11-29)28-7-6-12(21(30)31-2)8-17(28)25-19/h3-10,29H,11H2,1-2H3. The third-order valence-electron chi connectivity index (χ3n) is 4.66. The van der Waals surface area contributed by atoms with E-state index in [1.165, 1.54) is 36.2 Å². The Hall–Kier alpha value is -2.99. The summed E-state index contributed by atoms with van der Waals surface area (Å²) in [5.74, 6) is -1.82. The van der Waals surface area contributed by atoms with Crippen LogP contribution in [-0.2, 0) is 11.8 Å². The van der Waals surface area contributed by atoms with E-state index in [1.807, 2.05) is 4.01 Å². The summed E-state index contributed by atoms with van der Waals surface area (Å²) in [5.41, 5.74) is 2.10. The molecule has 4 rings (SSSR count). The maximum atomic E-state index is 15.1. The number of fused-ring (bicyclic) bond motifs is 1. The lowest BCUT2D eigenvalue weighted by Gasteiger charge is -2.09. The third-order valence-corrected chi connectivity index (χ3v) is 6.08. The number of carbonyl (C=O) groups is 1. The molecule has 0 spiro atoms. The van der Waals surface area contributed by atoms with E-state index in [1.54, 1.807) is 29.8 Å². The Bertz CT molecular complexity index is 1330. The average Bonchev–Trinajstić information content (AvgIpc) is 3.29. The summed E-state index contributed by atoms with van der Waals surface area (Å²) in [5, 5.41) is 13.1. The summed E-state index contributed by atoms with van der Waals surface area (Å²) in [7, 11) is 2.86. The first kappa shape index (κ1) is 21.2. The number of hydrogen-bond acceptors (Lipinski definition) is 5. The predicted octanol–water partition coefficient (Wildman–Crippen LogP) is 3.54. The number of aliphatic hydroxyl groups is 1. The van der Waals surface area contributed by atoms with Crippen LogP contribution < -0.4 is 0 Å². The molecular weight excluding hydrogens is 521 g/mol. The average molecular weight is 538 g/mol. The minimum Gasteiger partial charge on any atom is -0.465 e. The van der Waals surface area contributed by atoms with Gasteiger partial charge >= 0.3 is 5.97 Å². The Labute approximate surface area is 185 Å². The molecule has 0 aliphatic heterocycles. The highest BCUT2D eigenvalue weighted by Crippen LogP contribution is 2.37. The van der Waals surface area contributed by atoms with Gasteiger partial charge in [-0.15, -0.1) is 5.10 Å². The maximum Gasteiger partial charge on any atom is 0.338 e. The normalized spacial score (nSPS) is 11.8. The highest BCUT2D eigenvalue weighted by Gasteiger charge is 2.23. The number of nitrogens with zero attached hydrogens (tertiary/aromatic N) is 4. The fourth-order valence-corrected chi connectivity index (χ4v) is 4.54. The summed E-state index contributed by atoms with van der Waals surface area (Å²) in [6.45, 7) is 0. The number of hydrogen-bond donors (Lipinski definition) is 1. The predicted molar refractivity (Wildman–Crippen MR) is 120 cm³/mol. The minimum absolute atomic E-state index is 0.00679. The summed E-state index contributed by atoms with van der Waals surface area (Å²) in [4.78, 5) is 16.5. The zero-order valence-corrected chi connectivity index (χ0v) is 18.7. The lowest BCUT2D eigenvalue weighted by atomic mass is 9.98. The molecule has 0 radical (unpaired) electrons. The number of aryl methyl sites for hydroxylation is 1. The second-order valence-corrected chi connectivity index (χ2v) is 8.72. The molecule has 7 nitrogen and oxygen atoms in total. The van der Waals surface area contributed by atoms with Crippen LogP contribution >= 0.6 is 20.7 Å². The molecule has 0 aliphatic carbocycles. The molecule has 0 bridgehead atoms. The first-order valence-corrected chi connectivity index (χ1v) is 11.8. The molecule has 0 saturated heterocycles. The molecule has 0 amide bonds. The van der Waals surface area contributed by atoms with Crippen molar-refractivity contribution >= 4 is 36.4 Å². The van der Waals surface area contributed by atoms with Crippen molar-refractivity contribution in [3.8, 4) is 22.4 Å². The van der Waals surface area contributed by atoms with Crippen molar-refractivity contribution in [2.75, 3.05) is 11.7 Å². The van der Waals surface area contributed by atoms with Crippen molar-refractivity contribution in [2.45, 2.75) is 0 Å². The van der Waals surface area contributed by atoms with E-state index in [0.29, 0.717) is 22.5 Å². The van der Waals surface area contributed by atoms with E-state index in [-0.39, 0.29) is 21.4 Å². The second-order valence-electron chi connectivity index (χ2n) is 6.53. The number of alkyl halides is 1. The Balaban J connectivity index is 2.03. The molecule has 0 saturated carbocycles. The topological polar surface area (TPSA) is 81.6 Å². The fraction of sp³-hybridized carbons (Fsp3) is 0.143. The number of carbonyl (C=O) groups excluding carboxylic acids is 1. The van der Waals surface area contributed by atoms with Crippen LogP contribution in [0, 0.1) is 11.8 Å². The second kappa shape index (κ2) is 8.63. The number of halogens is 3. The van der Waals surface area contributed by atoms with Crippen molar-refractivity contribution in [1.82, 2.24) is 19.2 Å². The van der Waals surface area contributed by atoms with Crippen LogP contribution in [0.3, 0.4) is 0 Å². The third kappa shape index (κ3) is 3.88. The van der Waals surface area contributed by atoms with Crippen LogP contribution in [0.15, 0.2) is 42.7 Å². The van der Waals surface area contributed by atoms with E-state index in [9.17, 15) is 14.3 Å². The van der Waals surface area contributed by atoms with Crippen LogP contribution in [0.2, 0.25) is 0 Å². The van der Waals surface area contributed by atoms with E-state index in [2.05, 4.69) is 10.1 Å². The van der Waals surface area contributed by atoms with Gasteiger partial charge in [0.15, 0.2) is 0 Å². The summed E-state index contributed by atoms with van der Waals surface area (Å²) < 4.78 is 39.2. The molecule has 3 heterocycles. The number of methoxy groups -OCH3 is 1. The van der Waals surface area contributed by atoms with Crippen LogP contribution in [0.1, 0.15) is 16.1 Å². The summed E-state index contributed by atoms with van der Waals surface area (Å²) in [6, 6.07) is 7.49. The van der Waals surface area contributed by atoms with Crippen molar-refractivity contribution in [1.29, 1.82) is 0 Å². The van der Waals surface area contributed by atoms with Gasteiger partial charge < -0.3 is 9.84 Å². The molecule has 160 valence electrons. The van der Waals surface area contributed by atoms with Crippen molar-refractivity contribution in [3.05, 3.63) is 65.7 Å². The Morgan fingerprint density at radius 2 is 2.10 bits per heavy atom. The first-order valence-electron chi connectivity index (χ1n) is 9.05. The number of esters is 1. The molecule has 0 fully saturated rings. The van der Waals surface area contributed by atoms with Gasteiger partial charge in [0.1, 0.15) is 17.2 Å². The van der Waals surface area contributed by atoms with Gasteiger partial charge in [-0.2, -0.15) is 4.39 Å². The van der Waals surface area contributed by atoms with Gasteiger partial charge in [-0.3, -0.25) is 9.08 Å². The molecular formula is C21H17F2IN4O3. The number of aromatic nitrogens is 4. The molecule has 4 aromatic rings. The Kier molecular flexibility index (Phi) is 5.92. The van der Waals surface area contributed by atoms with Crippen molar-refractivity contribution in [3.63, 3.8) is 0 Å². The lowest BCUT2D eigenvalue weighted by molar-refractivity contribution is 0.0600. The highest BCUT2D eigenvalue weighted by atomic mass is 127. The van der Waals surface area contributed by atoms with Gasteiger partial charge in [0.2, 0.25) is 5.95 Å². The minimum atomic E-state index is -0.744. The van der Waals surface area contributed by atoms with Crippen LogP contribution in [0.25, 0.3) is 28.0 Å². The zero-order valence-electron chi connectivity index (χ0n) is 16.5. The van der Waals surface area contributed by atoms with Gasteiger partial charge in [-0.05, 0) is 22.2 Å². The number of pyridine rings is 1. The number of ether oxygens (including phenoxy) is 1. The Morgan fingerprint density at radius 3 is 2.77 bits per heavy atom. The lowest BCUT2D eigenvalue weighted by Crippen LogP contribution is -2.02. The largest absolute Gasteiger partial charge is 0.465 e. The SMILES string of the molecule is COC(=O)c1ccn2c(C=ICO)c(-c3c(F)cccc3-c3cn(C)nc3F)nc2c1. The molecule has 3 aromatic heterocycles. The smallest absolute Gasteiger partial charge is 0.338 e. The van der Waals surface area contributed by atoms with Crippen molar-refractivity contribution < 1.29 is 23.4 Å². The highest BCUT2D eigenvalue weighted by molar-refractivity contribution is 14.2. The molecule has 1 aromatic carbocycles. The monoisotopic (exact) mass is 538 g/mol. The molecule has 0 atom stereocenters. The van der Waals surface area contributed by atoms with Gasteiger partial charge in [0.05, 0.1) is 28.5 Å². The molecule has 0 unspecified atom stereocenters. The maximum absolute atomic E-state index is 15.1. The van der Waals surface area contributed by atoms with E-state index in [4.69, 9.17) is 4.74 Å². The Morgan fingerprint density at radius 1 is 1.29 bits per heavy atom.